The number of anilines is 1. The Kier molecular flexibility index (Phi) is 7.46. The Bertz CT molecular complexity index is 780. The van der Waals surface area contributed by atoms with Gasteiger partial charge in [-0.05, 0) is 29.8 Å². The molecule has 0 bridgehead atoms. The van der Waals surface area contributed by atoms with Crippen molar-refractivity contribution in [1.29, 1.82) is 0 Å². The van der Waals surface area contributed by atoms with Gasteiger partial charge in [-0.2, -0.15) is 0 Å². The lowest BCUT2D eigenvalue weighted by Crippen LogP contribution is -2.26. The second-order valence-corrected chi connectivity index (χ2v) is 6.40. The average Bonchev–Trinajstić information content (AvgIpc) is 2.95. The summed E-state index contributed by atoms with van der Waals surface area (Å²) >= 11 is 0. The molecule has 2 aromatic rings. The van der Waals surface area contributed by atoms with Crippen LogP contribution in [0.1, 0.15) is 18.0 Å². The molecule has 2 unspecified atom stereocenters. The van der Waals surface area contributed by atoms with Gasteiger partial charge in [-0.1, -0.05) is 30.3 Å². The second-order valence-electron chi connectivity index (χ2n) is 6.40. The average molecular weight is 480 g/mol. The van der Waals surface area contributed by atoms with Crippen molar-refractivity contribution in [3.8, 4) is 5.75 Å². The number of halogens is 1. The van der Waals surface area contributed by atoms with E-state index in [0.717, 1.165) is 17.0 Å². The smallest absolute Gasteiger partial charge is 0.223 e. The van der Waals surface area contributed by atoms with Crippen LogP contribution in [0.5, 0.6) is 5.75 Å². The van der Waals surface area contributed by atoms with Crippen LogP contribution in [0.3, 0.4) is 0 Å². The molecular formula is C20H25IN4O2. The summed E-state index contributed by atoms with van der Waals surface area (Å²) in [6.07, 6.45) is 0.482. The molecule has 2 atom stereocenters. The highest BCUT2D eigenvalue weighted by atomic mass is 127. The lowest BCUT2D eigenvalue weighted by molar-refractivity contribution is -0.127. The summed E-state index contributed by atoms with van der Waals surface area (Å²) in [5.74, 6) is 1.36. The number of hydrogen-bond acceptors (Lipinski definition) is 3. The molecule has 1 saturated heterocycles. The van der Waals surface area contributed by atoms with Gasteiger partial charge in [0.15, 0.2) is 5.96 Å². The third-order valence-electron chi connectivity index (χ3n) is 4.69. The lowest BCUT2D eigenvalue weighted by atomic mass is 9.94. The van der Waals surface area contributed by atoms with Crippen molar-refractivity contribution in [3.05, 3.63) is 60.2 Å². The fourth-order valence-corrected chi connectivity index (χ4v) is 3.34. The van der Waals surface area contributed by atoms with Gasteiger partial charge in [-0.15, -0.1) is 24.0 Å². The number of guanidine groups is 1. The first-order valence-corrected chi connectivity index (χ1v) is 8.60. The molecule has 2 aromatic carbocycles. The Balaban J connectivity index is 0.00000261. The first-order valence-electron chi connectivity index (χ1n) is 8.60. The Hall–Kier alpha value is -2.29. The van der Waals surface area contributed by atoms with E-state index in [1.807, 2.05) is 54.4 Å². The number of nitrogens with two attached hydrogens (primary N) is 1. The van der Waals surface area contributed by atoms with Crippen LogP contribution in [0, 0.1) is 5.92 Å². The van der Waals surface area contributed by atoms with E-state index in [0.29, 0.717) is 18.9 Å². The van der Waals surface area contributed by atoms with E-state index in [2.05, 4.69) is 22.4 Å². The molecule has 1 aliphatic rings. The number of nitrogens with one attached hydrogen (secondary N) is 1. The minimum absolute atomic E-state index is 0. The first kappa shape index (κ1) is 21.0. The number of rotatable bonds is 5. The van der Waals surface area contributed by atoms with Crippen molar-refractivity contribution >= 4 is 41.5 Å². The number of carbonyl (C=O) groups excluding carboxylic acids is 1. The Labute approximate surface area is 176 Å². The number of hydrogen-bond donors (Lipinski definition) is 2. The Morgan fingerprint density at radius 2 is 1.89 bits per heavy atom. The molecular weight excluding hydrogens is 455 g/mol. The largest absolute Gasteiger partial charge is 0.497 e. The first-order chi connectivity index (χ1) is 12.6. The number of likely N-dealkylation sites (tertiary alicyclic amines) is 1. The third-order valence-corrected chi connectivity index (χ3v) is 4.69. The summed E-state index contributed by atoms with van der Waals surface area (Å²) in [7, 11) is 3.48. The number of amides is 1. The number of ether oxygens (including phenoxy) is 1. The molecule has 1 amide bonds. The zero-order valence-electron chi connectivity index (χ0n) is 15.5. The van der Waals surface area contributed by atoms with Crippen LogP contribution in [0.25, 0.3) is 0 Å². The van der Waals surface area contributed by atoms with Gasteiger partial charge in [0.05, 0.1) is 13.2 Å². The summed E-state index contributed by atoms with van der Waals surface area (Å²) < 4.78 is 5.14. The summed E-state index contributed by atoms with van der Waals surface area (Å²) in [5.41, 5.74) is 7.98. The van der Waals surface area contributed by atoms with E-state index in [-0.39, 0.29) is 41.8 Å². The van der Waals surface area contributed by atoms with Crippen LogP contribution >= 0.6 is 24.0 Å². The van der Waals surface area contributed by atoms with Gasteiger partial charge >= 0.3 is 0 Å². The third kappa shape index (κ3) is 5.12. The number of aliphatic imine (C=N–C) groups is 1. The van der Waals surface area contributed by atoms with Crippen LogP contribution in [0.15, 0.2) is 59.6 Å². The molecule has 0 spiro atoms. The number of carbonyl (C=O) groups is 1. The minimum atomic E-state index is 0. The van der Waals surface area contributed by atoms with Crippen molar-refractivity contribution in [2.24, 2.45) is 16.6 Å². The van der Waals surface area contributed by atoms with Crippen LogP contribution in [0.4, 0.5) is 5.69 Å². The molecule has 1 aliphatic heterocycles. The van der Waals surface area contributed by atoms with E-state index >= 15 is 0 Å². The standard InChI is InChI=1S/C20H24N4O2.HI/c1-24-18(25)12-15(19(24)14-6-4-3-5-7-14)13-22-20(21)23-16-8-10-17(26-2)11-9-16;/h3-11,15,19H,12-13H2,1-2H3,(H3,21,22,23);1H. The topological polar surface area (TPSA) is 80.0 Å². The molecule has 0 radical (unpaired) electrons. The fourth-order valence-electron chi connectivity index (χ4n) is 3.34. The molecule has 0 aromatic heterocycles. The van der Waals surface area contributed by atoms with Crippen LogP contribution in [0.2, 0.25) is 0 Å². The summed E-state index contributed by atoms with van der Waals surface area (Å²) in [4.78, 5) is 18.5. The summed E-state index contributed by atoms with van der Waals surface area (Å²) in [5, 5.41) is 3.07. The molecule has 27 heavy (non-hydrogen) atoms. The molecule has 1 heterocycles. The Morgan fingerprint density at radius 3 is 2.52 bits per heavy atom. The van der Waals surface area contributed by atoms with E-state index in [1.165, 1.54) is 0 Å². The van der Waals surface area contributed by atoms with Gasteiger partial charge in [-0.25, -0.2) is 0 Å². The fraction of sp³-hybridized carbons (Fsp3) is 0.300. The predicted molar refractivity (Wildman–Crippen MR) is 119 cm³/mol. The SMILES string of the molecule is COc1ccc(NC(N)=NCC2CC(=O)N(C)C2c2ccccc2)cc1.I. The van der Waals surface area contributed by atoms with Crippen molar-refractivity contribution < 1.29 is 9.53 Å². The van der Waals surface area contributed by atoms with Gasteiger partial charge in [0.25, 0.3) is 0 Å². The maximum absolute atomic E-state index is 12.2. The van der Waals surface area contributed by atoms with E-state index in [4.69, 9.17) is 10.5 Å². The highest BCUT2D eigenvalue weighted by Crippen LogP contribution is 2.36. The lowest BCUT2D eigenvalue weighted by Gasteiger charge is -2.24. The maximum Gasteiger partial charge on any atom is 0.223 e. The predicted octanol–water partition coefficient (Wildman–Crippen LogP) is 3.26. The van der Waals surface area contributed by atoms with E-state index in [1.54, 1.807) is 7.11 Å². The van der Waals surface area contributed by atoms with Crippen LogP contribution in [-0.4, -0.2) is 37.5 Å². The van der Waals surface area contributed by atoms with E-state index in [9.17, 15) is 4.79 Å². The molecule has 6 nitrogen and oxygen atoms in total. The molecule has 1 fully saturated rings. The van der Waals surface area contributed by atoms with Gasteiger partial charge in [-0.3, -0.25) is 9.79 Å². The van der Waals surface area contributed by atoms with E-state index < -0.39 is 0 Å². The van der Waals surface area contributed by atoms with Gasteiger partial charge < -0.3 is 20.7 Å². The van der Waals surface area contributed by atoms with Gasteiger partial charge in [0, 0.05) is 31.6 Å². The van der Waals surface area contributed by atoms with Gasteiger partial charge in [0.1, 0.15) is 5.75 Å². The molecule has 0 aliphatic carbocycles. The zero-order chi connectivity index (χ0) is 18.5. The number of nitrogens with zero attached hydrogens (tertiary/aromatic N) is 2. The highest BCUT2D eigenvalue weighted by molar-refractivity contribution is 14.0. The normalized spacial score (nSPS) is 19.6. The maximum atomic E-state index is 12.2. The monoisotopic (exact) mass is 480 g/mol. The van der Waals surface area contributed by atoms with Crippen LogP contribution in [-0.2, 0) is 4.79 Å². The molecule has 7 heteroatoms. The summed E-state index contributed by atoms with van der Waals surface area (Å²) in [6, 6.07) is 17.5. The number of benzene rings is 2. The molecule has 144 valence electrons. The van der Waals surface area contributed by atoms with Crippen molar-refractivity contribution in [2.75, 3.05) is 26.0 Å². The summed E-state index contributed by atoms with van der Waals surface area (Å²) in [6.45, 7) is 0.491. The number of methoxy groups -OCH3 is 1. The highest BCUT2D eigenvalue weighted by Gasteiger charge is 2.38. The zero-order valence-corrected chi connectivity index (χ0v) is 17.8. The molecule has 0 saturated carbocycles. The Morgan fingerprint density at radius 1 is 1.22 bits per heavy atom. The van der Waals surface area contributed by atoms with Crippen molar-refractivity contribution in [1.82, 2.24) is 4.90 Å². The van der Waals surface area contributed by atoms with Gasteiger partial charge in [0.2, 0.25) is 5.91 Å². The van der Waals surface area contributed by atoms with Crippen molar-refractivity contribution in [2.45, 2.75) is 12.5 Å². The second kappa shape index (κ2) is 9.59. The quantitative estimate of drug-likeness (QED) is 0.391. The molecule has 3 rings (SSSR count). The van der Waals surface area contributed by atoms with Crippen molar-refractivity contribution in [3.63, 3.8) is 0 Å². The van der Waals surface area contributed by atoms with Crippen LogP contribution < -0.4 is 15.8 Å². The minimum Gasteiger partial charge on any atom is -0.497 e. The molecule has 3 N–H and O–H groups in total.